The van der Waals surface area contributed by atoms with Crippen LogP contribution in [0.25, 0.3) is 17.2 Å². The first-order valence-corrected chi connectivity index (χ1v) is 10.8. The van der Waals surface area contributed by atoms with Crippen LogP contribution < -0.4 is 10.6 Å². The van der Waals surface area contributed by atoms with Gasteiger partial charge in [-0.15, -0.1) is 0 Å². The smallest absolute Gasteiger partial charge is 0.322 e. The molecule has 0 saturated carbocycles. The molecule has 33 heavy (non-hydrogen) atoms. The highest BCUT2D eigenvalue weighted by Gasteiger charge is 2.16. The first kappa shape index (κ1) is 23.9. The van der Waals surface area contributed by atoms with Crippen LogP contribution in [-0.2, 0) is 16.1 Å². The lowest BCUT2D eigenvalue weighted by molar-refractivity contribution is -0.137. The monoisotopic (exact) mass is 446 g/mol. The van der Waals surface area contributed by atoms with E-state index in [-0.39, 0.29) is 5.91 Å². The Morgan fingerprint density at radius 2 is 1.61 bits per heavy atom. The predicted molar refractivity (Wildman–Crippen MR) is 131 cm³/mol. The number of furan rings is 1. The molecule has 0 unspecified atom stereocenters. The molecule has 1 amide bonds. The van der Waals surface area contributed by atoms with Gasteiger partial charge >= 0.3 is 5.97 Å². The second-order valence-corrected chi connectivity index (χ2v) is 8.20. The van der Waals surface area contributed by atoms with E-state index in [1.54, 1.807) is 13.2 Å². The van der Waals surface area contributed by atoms with E-state index in [0.29, 0.717) is 12.1 Å². The summed E-state index contributed by atoms with van der Waals surface area (Å²) in [6, 6.07) is 12.2. The molecule has 2 aromatic carbocycles. The summed E-state index contributed by atoms with van der Waals surface area (Å²) < 4.78 is 5.37. The highest BCUT2D eigenvalue weighted by Crippen LogP contribution is 2.35. The Bertz CT molecular complexity index is 1160. The van der Waals surface area contributed by atoms with Gasteiger partial charge in [-0.2, -0.15) is 0 Å². The van der Waals surface area contributed by atoms with Crippen molar-refractivity contribution in [3.63, 3.8) is 0 Å². The standard InChI is InChI=1S/C27H30N2O4/c1-16(27(32)29-15-25(30)31)13-24-17(2)19(4)26(20(5)18(24)3)21-8-10-22(11-9-21)28-14-23-7-6-12-33-23/h6-13,28H,14-15H2,1-5H3,(H,29,32)(H,30,31)/b16-13+. The number of nitrogens with one attached hydrogen (secondary N) is 2. The van der Waals surface area contributed by atoms with Crippen LogP contribution in [0.5, 0.6) is 0 Å². The number of carbonyl (C=O) groups is 2. The Balaban J connectivity index is 1.88. The molecule has 172 valence electrons. The van der Waals surface area contributed by atoms with Crippen molar-refractivity contribution in [2.24, 2.45) is 0 Å². The molecule has 0 radical (unpaired) electrons. The molecule has 0 spiro atoms. The average molecular weight is 447 g/mol. The van der Waals surface area contributed by atoms with Gasteiger partial charge in [0.2, 0.25) is 5.91 Å². The minimum absolute atomic E-state index is 0.381. The summed E-state index contributed by atoms with van der Waals surface area (Å²) in [5.41, 5.74) is 9.30. The normalized spacial score (nSPS) is 11.4. The molecule has 6 nitrogen and oxygen atoms in total. The van der Waals surface area contributed by atoms with Gasteiger partial charge in [0, 0.05) is 11.3 Å². The molecular formula is C27H30N2O4. The number of benzene rings is 2. The number of hydrogen-bond acceptors (Lipinski definition) is 4. The Morgan fingerprint density at radius 1 is 0.970 bits per heavy atom. The number of carboxylic acid groups (broad SMARTS) is 1. The molecule has 1 heterocycles. The summed E-state index contributed by atoms with van der Waals surface area (Å²) in [7, 11) is 0. The van der Waals surface area contributed by atoms with Crippen LogP contribution in [0.1, 0.15) is 40.5 Å². The highest BCUT2D eigenvalue weighted by molar-refractivity contribution is 5.99. The van der Waals surface area contributed by atoms with Crippen LogP contribution in [0.3, 0.4) is 0 Å². The highest BCUT2D eigenvalue weighted by atomic mass is 16.4. The summed E-state index contributed by atoms with van der Waals surface area (Å²) in [6.45, 7) is 10.2. The SMILES string of the molecule is C/C(=C\c1c(C)c(C)c(-c2ccc(NCc3ccco3)cc2)c(C)c1C)C(=O)NCC(=O)O. The molecule has 3 aromatic rings. The number of rotatable bonds is 8. The van der Waals surface area contributed by atoms with Crippen molar-refractivity contribution in [3.8, 4) is 11.1 Å². The van der Waals surface area contributed by atoms with Gasteiger partial charge in [0.1, 0.15) is 12.3 Å². The topological polar surface area (TPSA) is 91.6 Å². The molecule has 3 N–H and O–H groups in total. The number of amides is 1. The maximum absolute atomic E-state index is 12.2. The van der Waals surface area contributed by atoms with Crippen molar-refractivity contribution >= 4 is 23.6 Å². The molecule has 0 aliphatic rings. The summed E-state index contributed by atoms with van der Waals surface area (Å²) in [6.07, 6.45) is 3.51. The van der Waals surface area contributed by atoms with E-state index in [1.807, 2.05) is 18.2 Å². The van der Waals surface area contributed by atoms with Crippen molar-refractivity contribution in [2.75, 3.05) is 11.9 Å². The molecule has 0 saturated heterocycles. The van der Waals surface area contributed by atoms with E-state index in [4.69, 9.17) is 9.52 Å². The van der Waals surface area contributed by atoms with Crippen LogP contribution >= 0.6 is 0 Å². The van der Waals surface area contributed by atoms with Gasteiger partial charge in [-0.3, -0.25) is 9.59 Å². The number of anilines is 1. The number of aliphatic carboxylic acids is 1. The summed E-state index contributed by atoms with van der Waals surface area (Å²) in [5.74, 6) is -0.567. The van der Waals surface area contributed by atoms with Crippen molar-refractivity contribution in [1.82, 2.24) is 5.32 Å². The second-order valence-electron chi connectivity index (χ2n) is 8.20. The largest absolute Gasteiger partial charge is 0.480 e. The molecule has 0 atom stereocenters. The predicted octanol–water partition coefficient (Wildman–Crippen LogP) is 5.40. The molecule has 0 aliphatic heterocycles. The molecule has 0 bridgehead atoms. The van der Waals surface area contributed by atoms with E-state index in [1.165, 1.54) is 5.56 Å². The van der Waals surface area contributed by atoms with E-state index >= 15 is 0 Å². The molecule has 0 fully saturated rings. The van der Waals surface area contributed by atoms with Gasteiger partial charge < -0.3 is 20.2 Å². The van der Waals surface area contributed by atoms with Crippen molar-refractivity contribution < 1.29 is 19.1 Å². The average Bonchev–Trinajstić information content (AvgIpc) is 3.32. The third-order valence-electron chi connectivity index (χ3n) is 6.02. The zero-order chi connectivity index (χ0) is 24.1. The van der Waals surface area contributed by atoms with Crippen LogP contribution in [0.4, 0.5) is 5.69 Å². The molecule has 1 aromatic heterocycles. The van der Waals surface area contributed by atoms with Crippen LogP contribution in [0.15, 0.2) is 52.7 Å². The third-order valence-corrected chi connectivity index (χ3v) is 6.02. The number of carbonyl (C=O) groups excluding carboxylic acids is 1. The fourth-order valence-electron chi connectivity index (χ4n) is 3.93. The fourth-order valence-corrected chi connectivity index (χ4v) is 3.93. The van der Waals surface area contributed by atoms with E-state index in [9.17, 15) is 9.59 Å². The van der Waals surface area contributed by atoms with Crippen molar-refractivity contribution in [3.05, 3.63) is 81.8 Å². The lowest BCUT2D eigenvalue weighted by atomic mass is 9.85. The zero-order valence-electron chi connectivity index (χ0n) is 19.7. The molecule has 6 heteroatoms. The Labute approximate surface area is 194 Å². The molecule has 3 rings (SSSR count). The maximum Gasteiger partial charge on any atom is 0.322 e. The Hall–Kier alpha value is -3.80. The minimum atomic E-state index is -1.07. The lowest BCUT2D eigenvalue weighted by Gasteiger charge is -2.20. The van der Waals surface area contributed by atoms with Crippen LogP contribution in [0, 0.1) is 27.7 Å². The maximum atomic E-state index is 12.2. The van der Waals surface area contributed by atoms with Gasteiger partial charge in [-0.25, -0.2) is 0 Å². The van der Waals surface area contributed by atoms with Gasteiger partial charge in [0.15, 0.2) is 0 Å². The van der Waals surface area contributed by atoms with Gasteiger partial charge in [0.05, 0.1) is 12.8 Å². The van der Waals surface area contributed by atoms with Crippen LogP contribution in [0.2, 0.25) is 0 Å². The van der Waals surface area contributed by atoms with Gasteiger partial charge in [-0.1, -0.05) is 12.1 Å². The minimum Gasteiger partial charge on any atom is -0.480 e. The zero-order valence-corrected chi connectivity index (χ0v) is 19.7. The molecular weight excluding hydrogens is 416 g/mol. The first-order chi connectivity index (χ1) is 15.7. The number of hydrogen-bond donors (Lipinski definition) is 3. The van der Waals surface area contributed by atoms with Gasteiger partial charge in [-0.05, 0) is 104 Å². The van der Waals surface area contributed by atoms with Crippen molar-refractivity contribution in [2.45, 2.75) is 41.2 Å². The summed E-state index contributed by atoms with van der Waals surface area (Å²) in [5, 5.41) is 14.6. The first-order valence-electron chi connectivity index (χ1n) is 10.8. The Kier molecular flexibility index (Phi) is 7.38. The summed E-state index contributed by atoms with van der Waals surface area (Å²) >= 11 is 0. The lowest BCUT2D eigenvalue weighted by Crippen LogP contribution is -2.29. The van der Waals surface area contributed by atoms with E-state index in [2.05, 4.69) is 62.6 Å². The van der Waals surface area contributed by atoms with Crippen LogP contribution in [-0.4, -0.2) is 23.5 Å². The fraction of sp³-hybridized carbons (Fsp3) is 0.259. The van der Waals surface area contributed by atoms with E-state index in [0.717, 1.165) is 44.8 Å². The van der Waals surface area contributed by atoms with Gasteiger partial charge in [0.25, 0.3) is 0 Å². The quantitative estimate of drug-likeness (QED) is 0.403. The van der Waals surface area contributed by atoms with Crippen molar-refractivity contribution in [1.29, 1.82) is 0 Å². The summed E-state index contributed by atoms with van der Waals surface area (Å²) in [4.78, 5) is 23.0. The molecule has 0 aliphatic carbocycles. The Morgan fingerprint density at radius 3 is 2.15 bits per heavy atom. The third kappa shape index (κ3) is 5.52. The van der Waals surface area contributed by atoms with E-state index < -0.39 is 12.5 Å². The second kappa shape index (κ2) is 10.2. The number of carboxylic acids is 1.